The van der Waals surface area contributed by atoms with Crippen LogP contribution in [0.5, 0.6) is 5.75 Å². The Morgan fingerprint density at radius 3 is 2.70 bits per heavy atom. The molecule has 0 unspecified atom stereocenters. The van der Waals surface area contributed by atoms with Gasteiger partial charge in [0.1, 0.15) is 12.4 Å². The molecule has 0 aromatic heterocycles. The fourth-order valence-corrected chi connectivity index (χ4v) is 1.90. The first-order valence-corrected chi connectivity index (χ1v) is 7.04. The Hall–Kier alpha value is -2.47. The van der Waals surface area contributed by atoms with Gasteiger partial charge in [0.15, 0.2) is 11.6 Å². The molecule has 0 spiro atoms. The van der Waals surface area contributed by atoms with E-state index in [0.717, 1.165) is 0 Å². The van der Waals surface area contributed by atoms with Crippen LogP contribution >= 0.6 is 0 Å². The quantitative estimate of drug-likeness (QED) is 0.849. The Morgan fingerprint density at radius 1 is 1.17 bits per heavy atom. The van der Waals surface area contributed by atoms with Crippen LogP contribution in [0.2, 0.25) is 0 Å². The minimum absolute atomic E-state index is 0.0316. The fraction of sp³-hybridized carbons (Fsp3) is 0.235. The van der Waals surface area contributed by atoms with Gasteiger partial charge in [0.25, 0.3) is 0 Å². The monoisotopic (exact) mass is 321 g/mol. The zero-order chi connectivity index (χ0) is 16.7. The topological polar surface area (TPSA) is 47.6 Å². The first kappa shape index (κ1) is 16.9. The lowest BCUT2D eigenvalue weighted by Gasteiger charge is -2.10. The average Bonchev–Trinajstić information content (AvgIpc) is 2.52. The van der Waals surface area contributed by atoms with Crippen molar-refractivity contribution < 1.29 is 23.0 Å². The summed E-state index contributed by atoms with van der Waals surface area (Å²) in [5.41, 5.74) is 0.933. The number of nitrogens with one attached hydrogen (secondary N) is 1. The lowest BCUT2D eigenvalue weighted by Crippen LogP contribution is -2.13. The second-order valence-corrected chi connectivity index (χ2v) is 4.85. The van der Waals surface area contributed by atoms with Crippen molar-refractivity contribution in [2.24, 2.45) is 0 Å². The van der Waals surface area contributed by atoms with E-state index in [0.29, 0.717) is 17.9 Å². The molecular weight excluding hydrogens is 304 g/mol. The van der Waals surface area contributed by atoms with Gasteiger partial charge in [-0.05, 0) is 29.8 Å². The van der Waals surface area contributed by atoms with Gasteiger partial charge in [0, 0.05) is 18.9 Å². The number of carbonyl (C=O) groups is 1. The molecule has 2 rings (SSSR count). The number of hydrogen-bond donors (Lipinski definition) is 1. The highest BCUT2D eigenvalue weighted by atomic mass is 19.1. The normalized spacial score (nSPS) is 10.4. The third-order valence-corrected chi connectivity index (χ3v) is 3.03. The molecule has 0 heterocycles. The van der Waals surface area contributed by atoms with Crippen molar-refractivity contribution in [1.82, 2.24) is 0 Å². The number of amides is 1. The molecule has 0 aliphatic carbocycles. The summed E-state index contributed by atoms with van der Waals surface area (Å²) in [6.45, 7) is 0.345. The highest BCUT2D eigenvalue weighted by molar-refractivity contribution is 5.90. The number of methoxy groups -OCH3 is 1. The summed E-state index contributed by atoms with van der Waals surface area (Å²) in [5, 5.41) is 2.56. The van der Waals surface area contributed by atoms with E-state index in [1.807, 2.05) is 0 Å². The zero-order valence-corrected chi connectivity index (χ0v) is 12.6. The van der Waals surface area contributed by atoms with E-state index in [1.54, 1.807) is 12.1 Å². The molecule has 2 aromatic rings. The zero-order valence-electron chi connectivity index (χ0n) is 12.6. The van der Waals surface area contributed by atoms with E-state index < -0.39 is 5.82 Å². The van der Waals surface area contributed by atoms with Crippen molar-refractivity contribution in [1.29, 1.82) is 0 Å². The smallest absolute Gasteiger partial charge is 0.226 e. The number of carbonyl (C=O) groups excluding carboxylic acids is 1. The van der Waals surface area contributed by atoms with Crippen molar-refractivity contribution in [2.75, 3.05) is 19.0 Å². The number of ether oxygens (including phenoxy) is 2. The standard InChI is InChI=1S/C17H17F2NO3/c1-22-8-7-17(21)20-14-5-6-16(15(19)10-14)23-11-12-3-2-4-13(18)9-12/h2-6,9-10H,7-8,11H2,1H3,(H,20,21). The van der Waals surface area contributed by atoms with Crippen LogP contribution in [0.15, 0.2) is 42.5 Å². The fourth-order valence-electron chi connectivity index (χ4n) is 1.90. The Labute approximate surface area is 133 Å². The lowest BCUT2D eigenvalue weighted by atomic mass is 10.2. The Balaban J connectivity index is 1.95. The Morgan fingerprint density at radius 2 is 2.00 bits per heavy atom. The Kier molecular flexibility index (Phi) is 6.05. The first-order chi connectivity index (χ1) is 11.1. The number of rotatable bonds is 7. The molecule has 1 amide bonds. The summed E-state index contributed by atoms with van der Waals surface area (Å²) in [4.78, 5) is 11.5. The van der Waals surface area contributed by atoms with Crippen molar-refractivity contribution in [3.05, 3.63) is 59.7 Å². The third-order valence-electron chi connectivity index (χ3n) is 3.03. The molecule has 0 bridgehead atoms. The lowest BCUT2D eigenvalue weighted by molar-refractivity contribution is -0.117. The van der Waals surface area contributed by atoms with Gasteiger partial charge in [-0.25, -0.2) is 8.78 Å². The van der Waals surface area contributed by atoms with E-state index in [1.165, 1.54) is 37.4 Å². The molecule has 122 valence electrons. The van der Waals surface area contributed by atoms with Gasteiger partial charge in [-0.2, -0.15) is 0 Å². The number of benzene rings is 2. The maximum absolute atomic E-state index is 14.0. The predicted molar refractivity (Wildman–Crippen MR) is 82.3 cm³/mol. The molecule has 0 fully saturated rings. The van der Waals surface area contributed by atoms with Gasteiger partial charge >= 0.3 is 0 Å². The number of hydrogen-bond acceptors (Lipinski definition) is 3. The SMILES string of the molecule is COCCC(=O)Nc1ccc(OCc2cccc(F)c2)c(F)c1. The summed E-state index contributed by atoms with van der Waals surface area (Å²) < 4.78 is 37.1. The van der Waals surface area contributed by atoms with E-state index in [4.69, 9.17) is 9.47 Å². The number of anilines is 1. The van der Waals surface area contributed by atoms with Gasteiger partial charge in [-0.1, -0.05) is 12.1 Å². The molecule has 4 nitrogen and oxygen atoms in total. The van der Waals surface area contributed by atoms with E-state index >= 15 is 0 Å². The van der Waals surface area contributed by atoms with Crippen LogP contribution in [0.3, 0.4) is 0 Å². The molecule has 0 aliphatic heterocycles. The van der Waals surface area contributed by atoms with Crippen LogP contribution in [0.4, 0.5) is 14.5 Å². The average molecular weight is 321 g/mol. The van der Waals surface area contributed by atoms with Crippen LogP contribution in [0.1, 0.15) is 12.0 Å². The summed E-state index contributed by atoms with van der Waals surface area (Å²) in [6.07, 6.45) is 0.190. The molecule has 0 saturated carbocycles. The largest absolute Gasteiger partial charge is 0.486 e. The van der Waals surface area contributed by atoms with E-state index in [9.17, 15) is 13.6 Å². The molecule has 2 aromatic carbocycles. The second kappa shape index (κ2) is 8.24. The molecule has 0 radical (unpaired) electrons. The highest BCUT2D eigenvalue weighted by Gasteiger charge is 2.08. The van der Waals surface area contributed by atoms with Crippen molar-refractivity contribution in [3.63, 3.8) is 0 Å². The van der Waals surface area contributed by atoms with Crippen LogP contribution in [-0.4, -0.2) is 19.6 Å². The minimum atomic E-state index is -0.606. The molecule has 0 atom stereocenters. The third kappa shape index (κ3) is 5.34. The van der Waals surface area contributed by atoms with Crippen LogP contribution in [0.25, 0.3) is 0 Å². The van der Waals surface area contributed by atoms with Crippen LogP contribution < -0.4 is 10.1 Å². The maximum Gasteiger partial charge on any atom is 0.226 e. The molecular formula is C17H17F2NO3. The summed E-state index contributed by atoms with van der Waals surface area (Å²) >= 11 is 0. The van der Waals surface area contributed by atoms with Gasteiger partial charge < -0.3 is 14.8 Å². The van der Waals surface area contributed by atoms with Crippen LogP contribution in [-0.2, 0) is 16.1 Å². The van der Waals surface area contributed by atoms with Gasteiger partial charge in [0.2, 0.25) is 5.91 Å². The van der Waals surface area contributed by atoms with Crippen molar-refractivity contribution >= 4 is 11.6 Å². The van der Waals surface area contributed by atoms with Gasteiger partial charge in [-0.3, -0.25) is 4.79 Å². The van der Waals surface area contributed by atoms with Gasteiger partial charge in [0.05, 0.1) is 13.0 Å². The van der Waals surface area contributed by atoms with Gasteiger partial charge in [-0.15, -0.1) is 0 Å². The second-order valence-electron chi connectivity index (χ2n) is 4.85. The number of halogens is 2. The minimum Gasteiger partial charge on any atom is -0.486 e. The summed E-state index contributed by atoms with van der Waals surface area (Å²) in [7, 11) is 1.50. The Bertz CT molecular complexity index is 677. The van der Waals surface area contributed by atoms with E-state index in [2.05, 4.69) is 5.32 Å². The summed E-state index contributed by atoms with van der Waals surface area (Å²) in [5.74, 6) is -1.21. The van der Waals surface area contributed by atoms with Crippen LogP contribution in [0, 0.1) is 11.6 Å². The van der Waals surface area contributed by atoms with Crippen molar-refractivity contribution in [2.45, 2.75) is 13.0 Å². The molecule has 23 heavy (non-hydrogen) atoms. The van der Waals surface area contributed by atoms with Crippen molar-refractivity contribution in [3.8, 4) is 5.75 Å². The summed E-state index contributed by atoms with van der Waals surface area (Å²) in [6, 6.07) is 10.0. The molecule has 0 aliphatic rings. The maximum atomic E-state index is 14.0. The predicted octanol–water partition coefficient (Wildman–Crippen LogP) is 3.52. The molecule has 1 N–H and O–H groups in total. The first-order valence-electron chi connectivity index (χ1n) is 7.04. The molecule has 6 heteroatoms. The highest BCUT2D eigenvalue weighted by Crippen LogP contribution is 2.22. The molecule has 0 saturated heterocycles. The van der Waals surface area contributed by atoms with E-state index in [-0.39, 0.29) is 30.5 Å².